The molecule has 1 aliphatic heterocycles. The van der Waals surface area contributed by atoms with Crippen molar-refractivity contribution in [2.45, 2.75) is 31.6 Å². The van der Waals surface area contributed by atoms with Crippen molar-refractivity contribution in [2.75, 3.05) is 26.0 Å². The van der Waals surface area contributed by atoms with Gasteiger partial charge in [0.05, 0.1) is 5.75 Å². The number of carbonyl (C=O) groups excluding carboxylic acids is 1. The van der Waals surface area contributed by atoms with Gasteiger partial charge in [0.1, 0.15) is 19.5 Å². The third kappa shape index (κ3) is 4.25. The molecule has 1 aliphatic rings. The van der Waals surface area contributed by atoms with Gasteiger partial charge in [-0.1, -0.05) is 17.8 Å². The smallest absolute Gasteiger partial charge is 0.233 e. The normalized spacial score (nSPS) is 13.1. The van der Waals surface area contributed by atoms with Crippen LogP contribution >= 0.6 is 11.8 Å². The van der Waals surface area contributed by atoms with E-state index in [1.54, 1.807) is 18.3 Å². The topological polar surface area (TPSA) is 69.5 Å². The summed E-state index contributed by atoms with van der Waals surface area (Å²) < 4.78 is 13.1. The van der Waals surface area contributed by atoms with Crippen molar-refractivity contribution >= 4 is 17.7 Å². The van der Waals surface area contributed by atoms with Crippen LogP contribution in [-0.2, 0) is 11.3 Å². The number of amides is 1. The van der Waals surface area contributed by atoms with Crippen molar-refractivity contribution < 1.29 is 14.3 Å². The highest BCUT2D eigenvalue weighted by molar-refractivity contribution is 7.99. The molecule has 25 heavy (non-hydrogen) atoms. The van der Waals surface area contributed by atoms with E-state index in [2.05, 4.69) is 24.0 Å². The Labute approximate surface area is 151 Å². The Morgan fingerprint density at radius 2 is 2.08 bits per heavy atom. The highest BCUT2D eigenvalue weighted by Crippen LogP contribution is 2.31. The van der Waals surface area contributed by atoms with E-state index in [0.717, 1.165) is 22.2 Å². The number of fused-ring (bicyclic) bond motifs is 1. The van der Waals surface area contributed by atoms with E-state index < -0.39 is 0 Å². The first kappa shape index (κ1) is 17.6. The predicted molar refractivity (Wildman–Crippen MR) is 95.0 cm³/mol. The molecule has 8 heteroatoms. The molecule has 0 unspecified atom stereocenters. The first-order valence-corrected chi connectivity index (χ1v) is 9.18. The van der Waals surface area contributed by atoms with Crippen LogP contribution in [0, 0.1) is 0 Å². The molecule has 1 aromatic heterocycles. The molecule has 0 bridgehead atoms. The molecule has 2 aromatic rings. The van der Waals surface area contributed by atoms with Crippen LogP contribution in [0.25, 0.3) is 0 Å². The fourth-order valence-corrected chi connectivity index (χ4v) is 3.46. The number of nitrogens with zero attached hydrogens (tertiary/aromatic N) is 4. The molecule has 0 spiro atoms. The first-order chi connectivity index (χ1) is 12.0. The average molecular weight is 362 g/mol. The van der Waals surface area contributed by atoms with Gasteiger partial charge in [-0.3, -0.25) is 4.79 Å². The fourth-order valence-electron chi connectivity index (χ4n) is 2.47. The Bertz CT molecular complexity index is 747. The SMILES string of the molecule is CC(C)n1cnnc1SCC(=O)N(C)Cc1ccc2c(c1)OCCO2. The van der Waals surface area contributed by atoms with Crippen molar-refractivity contribution in [1.29, 1.82) is 0 Å². The van der Waals surface area contributed by atoms with Gasteiger partial charge >= 0.3 is 0 Å². The highest BCUT2D eigenvalue weighted by atomic mass is 32.2. The summed E-state index contributed by atoms with van der Waals surface area (Å²) in [5.74, 6) is 1.86. The van der Waals surface area contributed by atoms with Crippen molar-refractivity contribution in [3.63, 3.8) is 0 Å². The predicted octanol–water partition coefficient (Wildman–Crippen LogP) is 2.38. The minimum Gasteiger partial charge on any atom is -0.486 e. The Hall–Kier alpha value is -2.22. The molecular formula is C17H22N4O3S. The number of rotatable bonds is 6. The quantitative estimate of drug-likeness (QED) is 0.735. The van der Waals surface area contributed by atoms with E-state index in [1.807, 2.05) is 22.8 Å². The van der Waals surface area contributed by atoms with Crippen molar-refractivity contribution in [1.82, 2.24) is 19.7 Å². The van der Waals surface area contributed by atoms with E-state index in [0.29, 0.717) is 25.5 Å². The Morgan fingerprint density at radius 3 is 2.84 bits per heavy atom. The van der Waals surface area contributed by atoms with Gasteiger partial charge in [0.25, 0.3) is 0 Å². The summed E-state index contributed by atoms with van der Waals surface area (Å²) in [5.41, 5.74) is 1.01. The van der Waals surface area contributed by atoms with Crippen LogP contribution in [0.3, 0.4) is 0 Å². The Morgan fingerprint density at radius 1 is 1.32 bits per heavy atom. The van der Waals surface area contributed by atoms with E-state index in [4.69, 9.17) is 9.47 Å². The minimum absolute atomic E-state index is 0.0400. The van der Waals surface area contributed by atoms with E-state index in [9.17, 15) is 4.79 Å². The number of hydrogen-bond acceptors (Lipinski definition) is 6. The molecule has 0 aliphatic carbocycles. The van der Waals surface area contributed by atoms with Crippen LogP contribution in [-0.4, -0.2) is 51.6 Å². The van der Waals surface area contributed by atoms with E-state index in [-0.39, 0.29) is 11.9 Å². The largest absolute Gasteiger partial charge is 0.486 e. The van der Waals surface area contributed by atoms with Crippen LogP contribution in [0.1, 0.15) is 25.5 Å². The maximum Gasteiger partial charge on any atom is 0.233 e. The highest BCUT2D eigenvalue weighted by Gasteiger charge is 2.16. The van der Waals surface area contributed by atoms with Gasteiger partial charge in [-0.15, -0.1) is 10.2 Å². The number of aromatic nitrogens is 3. The molecule has 0 saturated heterocycles. The third-order valence-corrected chi connectivity index (χ3v) is 4.82. The van der Waals surface area contributed by atoms with Gasteiger partial charge in [-0.2, -0.15) is 0 Å². The fraction of sp³-hybridized carbons (Fsp3) is 0.471. The minimum atomic E-state index is 0.0400. The zero-order valence-electron chi connectivity index (χ0n) is 14.6. The molecular weight excluding hydrogens is 340 g/mol. The Kier molecular flexibility index (Phi) is 5.47. The second-order valence-electron chi connectivity index (χ2n) is 6.13. The van der Waals surface area contributed by atoms with Gasteiger partial charge in [0, 0.05) is 19.6 Å². The van der Waals surface area contributed by atoms with Gasteiger partial charge in [0.2, 0.25) is 5.91 Å². The molecule has 0 saturated carbocycles. The molecule has 2 heterocycles. The summed E-state index contributed by atoms with van der Waals surface area (Å²) in [4.78, 5) is 14.1. The second kappa shape index (κ2) is 7.77. The van der Waals surface area contributed by atoms with Gasteiger partial charge in [-0.05, 0) is 31.5 Å². The lowest BCUT2D eigenvalue weighted by atomic mass is 10.2. The molecule has 0 N–H and O–H groups in total. The number of benzene rings is 1. The summed E-state index contributed by atoms with van der Waals surface area (Å²) in [6, 6.07) is 6.05. The van der Waals surface area contributed by atoms with E-state index >= 15 is 0 Å². The summed E-state index contributed by atoms with van der Waals surface area (Å²) in [5, 5.41) is 8.75. The van der Waals surface area contributed by atoms with E-state index in [1.165, 1.54) is 11.8 Å². The van der Waals surface area contributed by atoms with Crippen LogP contribution in [0.2, 0.25) is 0 Å². The van der Waals surface area contributed by atoms with Crippen molar-refractivity contribution in [2.24, 2.45) is 0 Å². The number of carbonyl (C=O) groups is 1. The standard InChI is InChI=1S/C17H22N4O3S/c1-12(2)21-11-18-19-17(21)25-10-16(22)20(3)9-13-4-5-14-15(8-13)24-7-6-23-14/h4-5,8,11-12H,6-7,9-10H2,1-3H3. The summed E-state index contributed by atoms with van der Waals surface area (Å²) >= 11 is 1.41. The lowest BCUT2D eigenvalue weighted by molar-refractivity contribution is -0.127. The Balaban J connectivity index is 1.56. The summed E-state index contributed by atoms with van der Waals surface area (Å²) in [7, 11) is 1.80. The van der Waals surface area contributed by atoms with Crippen molar-refractivity contribution in [3.05, 3.63) is 30.1 Å². The van der Waals surface area contributed by atoms with Crippen LogP contribution < -0.4 is 9.47 Å². The maximum atomic E-state index is 12.4. The average Bonchev–Trinajstić information content (AvgIpc) is 3.08. The maximum absolute atomic E-state index is 12.4. The first-order valence-electron chi connectivity index (χ1n) is 8.19. The van der Waals surface area contributed by atoms with Crippen LogP contribution in [0.15, 0.2) is 29.7 Å². The second-order valence-corrected chi connectivity index (χ2v) is 7.07. The molecule has 1 amide bonds. The van der Waals surface area contributed by atoms with Gasteiger partial charge in [-0.25, -0.2) is 0 Å². The summed E-state index contributed by atoms with van der Waals surface area (Å²) in [6.45, 7) is 5.76. The van der Waals surface area contributed by atoms with Crippen LogP contribution in [0.4, 0.5) is 0 Å². The molecule has 1 aromatic carbocycles. The zero-order valence-corrected chi connectivity index (χ0v) is 15.5. The monoisotopic (exact) mass is 362 g/mol. The summed E-state index contributed by atoms with van der Waals surface area (Å²) in [6.07, 6.45) is 1.69. The van der Waals surface area contributed by atoms with Crippen LogP contribution in [0.5, 0.6) is 11.5 Å². The third-order valence-electron chi connectivity index (χ3n) is 3.87. The van der Waals surface area contributed by atoms with Crippen molar-refractivity contribution in [3.8, 4) is 11.5 Å². The number of ether oxygens (including phenoxy) is 2. The van der Waals surface area contributed by atoms with Gasteiger partial charge in [0.15, 0.2) is 16.7 Å². The molecule has 3 rings (SSSR count). The zero-order chi connectivity index (χ0) is 17.8. The lowest BCUT2D eigenvalue weighted by Crippen LogP contribution is -2.28. The lowest BCUT2D eigenvalue weighted by Gasteiger charge is -2.21. The molecule has 0 atom stereocenters. The number of hydrogen-bond donors (Lipinski definition) is 0. The molecule has 134 valence electrons. The number of thioether (sulfide) groups is 1. The molecule has 0 radical (unpaired) electrons. The molecule has 7 nitrogen and oxygen atoms in total. The van der Waals surface area contributed by atoms with Gasteiger partial charge < -0.3 is 18.9 Å². The molecule has 0 fully saturated rings.